The first-order chi connectivity index (χ1) is 21.7. The summed E-state index contributed by atoms with van der Waals surface area (Å²) >= 11 is 0. The lowest BCUT2D eigenvalue weighted by atomic mass is 9.91. The number of ether oxygens (including phenoxy) is 2. The largest absolute Gasteiger partial charge is 0.462 e. The summed E-state index contributed by atoms with van der Waals surface area (Å²) in [6.07, 6.45) is 2.83. The molecule has 12 heteroatoms. The molecule has 0 aromatic heterocycles. The van der Waals surface area contributed by atoms with Crippen LogP contribution in [0.4, 0.5) is 0 Å². The highest BCUT2D eigenvalue weighted by Crippen LogP contribution is 2.52. The molecule has 0 spiro atoms. The Balaban J connectivity index is 2.79. The molecule has 0 saturated heterocycles. The van der Waals surface area contributed by atoms with Crippen molar-refractivity contribution in [3.05, 3.63) is 53.6 Å². The number of unbranched alkanes of at least 4 members (excludes halogenated alkanes) is 2. The number of rotatable bonds is 18. The molecule has 0 saturated carbocycles. The molecule has 0 bridgehead atoms. The van der Waals surface area contributed by atoms with E-state index in [1.165, 1.54) is 13.3 Å². The number of hydrogen-bond donors (Lipinski definition) is 2. The van der Waals surface area contributed by atoms with Gasteiger partial charge in [0, 0.05) is 13.3 Å². The minimum absolute atomic E-state index is 0.220. The van der Waals surface area contributed by atoms with E-state index in [0.29, 0.717) is 17.5 Å². The second kappa shape index (κ2) is 17.5. The summed E-state index contributed by atoms with van der Waals surface area (Å²) < 4.78 is 51.2. The average Bonchev–Trinajstić information content (AvgIpc) is 2.91. The number of hydrogen-bond acceptors (Lipinski definition) is 8. The first-order valence-corrected chi connectivity index (χ1v) is 20.3. The van der Waals surface area contributed by atoms with Crippen LogP contribution in [0.5, 0.6) is 11.5 Å². The van der Waals surface area contributed by atoms with E-state index in [1.54, 1.807) is 41.5 Å². The summed E-state index contributed by atoms with van der Waals surface area (Å²) in [7, 11) is -7.42. The van der Waals surface area contributed by atoms with Gasteiger partial charge in [0.2, 0.25) is 0 Å². The number of allylic oxidation sites excluding steroid dienone is 1. The van der Waals surface area contributed by atoms with Crippen LogP contribution in [0.15, 0.2) is 36.9 Å². The molecule has 2 aromatic rings. The van der Waals surface area contributed by atoms with Crippen molar-refractivity contribution in [3.8, 4) is 22.6 Å². The highest BCUT2D eigenvalue weighted by molar-refractivity contribution is 7.56. The zero-order chi connectivity index (χ0) is 35.7. The molecule has 2 rings (SSSR count). The fraction of sp³-hybridized carbons (Fsp3) is 0.543. The molecule has 262 valence electrons. The topological polar surface area (TPSA) is 129 Å². The standard InChI is InChI=1S/C35H54N2O8P2/c1-13-14-15-16-28-20-31(44-46(11,40)36-26(9)34(38)42-23(4)5)33(30-19-25(8)17-18-29(30)22(2)3)32(21-28)45-47(12,41)37-27(10)35(39)43-24(6)7/h17-21,23-24,26-27H,2,13-16H2,1,3-12H3,(H,36,40)(H,37,41)/t26-,27-,46?,47?/m0/s1. The van der Waals surface area contributed by atoms with Gasteiger partial charge in [-0.1, -0.05) is 55.7 Å². The Morgan fingerprint density at radius 3 is 1.68 bits per heavy atom. The van der Waals surface area contributed by atoms with Gasteiger partial charge in [-0.3, -0.25) is 18.7 Å². The summed E-state index contributed by atoms with van der Waals surface area (Å²) in [4.78, 5) is 25.1. The van der Waals surface area contributed by atoms with Crippen molar-refractivity contribution in [2.45, 2.75) is 112 Å². The molecule has 0 aliphatic rings. The van der Waals surface area contributed by atoms with Gasteiger partial charge in [0.15, 0.2) is 0 Å². The van der Waals surface area contributed by atoms with Crippen LogP contribution in [-0.4, -0.2) is 49.6 Å². The highest BCUT2D eigenvalue weighted by Gasteiger charge is 2.32. The van der Waals surface area contributed by atoms with E-state index in [4.69, 9.17) is 18.5 Å². The van der Waals surface area contributed by atoms with E-state index in [0.717, 1.165) is 41.5 Å². The predicted octanol–water partition coefficient (Wildman–Crippen LogP) is 8.69. The van der Waals surface area contributed by atoms with Gasteiger partial charge >= 0.3 is 27.0 Å². The van der Waals surface area contributed by atoms with E-state index in [2.05, 4.69) is 23.7 Å². The Kier molecular flexibility index (Phi) is 15.0. The molecule has 0 radical (unpaired) electrons. The Morgan fingerprint density at radius 2 is 1.28 bits per heavy atom. The Morgan fingerprint density at radius 1 is 0.809 bits per heavy atom. The summed E-state index contributed by atoms with van der Waals surface area (Å²) in [5.41, 5.74) is 4.37. The smallest absolute Gasteiger partial charge is 0.323 e. The van der Waals surface area contributed by atoms with Crippen molar-refractivity contribution in [1.82, 2.24) is 10.2 Å². The van der Waals surface area contributed by atoms with Crippen LogP contribution in [0.25, 0.3) is 16.7 Å². The summed E-state index contributed by atoms with van der Waals surface area (Å²) in [5.74, 6) is -0.682. The number of carbonyl (C=O) groups is 2. The molecule has 2 aromatic carbocycles. The second-order valence-electron chi connectivity index (χ2n) is 12.8. The maximum absolute atomic E-state index is 14.0. The van der Waals surface area contributed by atoms with E-state index in [-0.39, 0.29) is 23.7 Å². The first kappa shape index (κ1) is 40.3. The van der Waals surface area contributed by atoms with E-state index < -0.39 is 39.1 Å². The lowest BCUT2D eigenvalue weighted by Gasteiger charge is -2.27. The van der Waals surface area contributed by atoms with Crippen molar-refractivity contribution in [2.24, 2.45) is 0 Å². The summed E-state index contributed by atoms with van der Waals surface area (Å²) in [6, 6.07) is 7.60. The van der Waals surface area contributed by atoms with Gasteiger partial charge in [0.1, 0.15) is 23.6 Å². The third-order valence-electron chi connectivity index (χ3n) is 6.91. The van der Waals surface area contributed by atoms with E-state index in [9.17, 15) is 18.7 Å². The van der Waals surface area contributed by atoms with Crippen molar-refractivity contribution in [2.75, 3.05) is 13.3 Å². The van der Waals surface area contributed by atoms with Crippen LogP contribution < -0.4 is 19.2 Å². The zero-order valence-corrected chi connectivity index (χ0v) is 31.7. The van der Waals surface area contributed by atoms with Crippen LogP contribution in [0.2, 0.25) is 0 Å². The number of benzene rings is 2. The van der Waals surface area contributed by atoms with Gasteiger partial charge in [-0.2, -0.15) is 0 Å². The van der Waals surface area contributed by atoms with Gasteiger partial charge in [-0.05, 0) is 97.1 Å². The maximum Gasteiger partial charge on any atom is 0.323 e. The van der Waals surface area contributed by atoms with Gasteiger partial charge in [-0.25, -0.2) is 10.2 Å². The van der Waals surface area contributed by atoms with E-state index >= 15 is 0 Å². The monoisotopic (exact) mass is 692 g/mol. The Bertz CT molecular complexity index is 1450. The zero-order valence-electron chi connectivity index (χ0n) is 29.9. The van der Waals surface area contributed by atoms with Crippen molar-refractivity contribution < 1.29 is 37.2 Å². The molecule has 0 aliphatic heterocycles. The number of nitrogens with one attached hydrogen (secondary N) is 2. The third kappa shape index (κ3) is 12.9. The summed E-state index contributed by atoms with van der Waals surface area (Å²) in [5, 5.41) is 5.63. The molecule has 47 heavy (non-hydrogen) atoms. The number of carbonyl (C=O) groups excluding carboxylic acids is 2. The lowest BCUT2D eigenvalue weighted by molar-refractivity contribution is -0.149. The molecular weight excluding hydrogens is 638 g/mol. The fourth-order valence-electron chi connectivity index (χ4n) is 4.92. The van der Waals surface area contributed by atoms with Crippen LogP contribution in [0.3, 0.4) is 0 Å². The minimum atomic E-state index is -3.71. The van der Waals surface area contributed by atoms with E-state index in [1.807, 2.05) is 44.2 Å². The van der Waals surface area contributed by atoms with Gasteiger partial charge in [0.25, 0.3) is 0 Å². The highest BCUT2D eigenvalue weighted by atomic mass is 31.2. The number of aryl methyl sites for hydroxylation is 2. The number of esters is 2. The normalized spacial score (nSPS) is 15.3. The molecule has 0 amide bonds. The second-order valence-corrected chi connectivity index (χ2v) is 17.1. The molecule has 2 N–H and O–H groups in total. The molecule has 10 nitrogen and oxygen atoms in total. The predicted molar refractivity (Wildman–Crippen MR) is 191 cm³/mol. The van der Waals surface area contributed by atoms with Crippen molar-refractivity contribution in [3.63, 3.8) is 0 Å². The molecule has 0 fully saturated rings. The SMILES string of the molecule is C=C(C)c1ccc(C)cc1-c1c(OP(C)(=O)N[C@@H](C)C(=O)OC(C)C)cc(CCCCC)cc1OP(C)(=O)N[C@@H](C)C(=O)OC(C)C. The molecule has 0 aliphatic carbocycles. The van der Waals surface area contributed by atoms with Crippen molar-refractivity contribution >= 4 is 32.6 Å². The lowest BCUT2D eigenvalue weighted by Crippen LogP contribution is -2.35. The quantitative estimate of drug-likeness (QED) is 0.0889. The Labute approximate surface area is 281 Å². The molecule has 4 atom stereocenters. The van der Waals surface area contributed by atoms with Gasteiger partial charge in [-0.15, -0.1) is 0 Å². The average molecular weight is 693 g/mol. The van der Waals surface area contributed by atoms with Gasteiger partial charge < -0.3 is 18.5 Å². The van der Waals surface area contributed by atoms with Crippen LogP contribution in [0, 0.1) is 6.92 Å². The van der Waals surface area contributed by atoms with Crippen molar-refractivity contribution in [1.29, 1.82) is 0 Å². The molecular formula is C35H54N2O8P2. The molecule has 0 heterocycles. The molecule has 2 unspecified atom stereocenters. The van der Waals surface area contributed by atoms with Gasteiger partial charge in [0.05, 0.1) is 17.8 Å². The minimum Gasteiger partial charge on any atom is -0.462 e. The van der Waals surface area contributed by atoms with Crippen LogP contribution in [0.1, 0.15) is 91.3 Å². The maximum atomic E-state index is 14.0. The fourth-order valence-corrected chi connectivity index (χ4v) is 7.68. The Hall–Kier alpha value is -2.90. The van der Waals surface area contributed by atoms with Crippen LogP contribution >= 0.6 is 15.0 Å². The third-order valence-corrected chi connectivity index (χ3v) is 9.71. The first-order valence-electron chi connectivity index (χ1n) is 16.2. The van der Waals surface area contributed by atoms with Crippen LogP contribution in [-0.2, 0) is 34.6 Å². The summed E-state index contributed by atoms with van der Waals surface area (Å²) in [6.45, 7) is 22.9.